The summed E-state index contributed by atoms with van der Waals surface area (Å²) in [5, 5.41) is 33.8. The average molecular weight is 399 g/mol. The van der Waals surface area contributed by atoms with Crippen LogP contribution in [0.5, 0.6) is 0 Å². The van der Waals surface area contributed by atoms with Crippen LogP contribution in [0.3, 0.4) is 0 Å². The molecule has 4 aromatic rings. The lowest BCUT2D eigenvalue weighted by Gasteiger charge is -2.29. The fourth-order valence-electron chi connectivity index (χ4n) is 4.10. The van der Waals surface area contributed by atoms with Crippen molar-refractivity contribution in [3.63, 3.8) is 0 Å². The predicted octanol–water partition coefficient (Wildman–Crippen LogP) is 3.88. The van der Waals surface area contributed by atoms with Crippen LogP contribution in [0.2, 0.25) is 0 Å². The van der Waals surface area contributed by atoms with Crippen LogP contribution >= 0.6 is 0 Å². The number of fused-ring (bicyclic) bond motifs is 2. The monoisotopic (exact) mass is 399 g/mol. The Morgan fingerprint density at radius 3 is 2.17 bits per heavy atom. The standard InChI is InChI=1S/C24H22BNO4/c1-26(23(25(29)30)16-7-3-2-4-8-16)15-22-20(24(27)28)12-11-19-13-17-9-5-6-10-18(17)14-21(19)22/h2-14,23,29-30H,15H2,1H3,(H,27,28). The van der Waals surface area contributed by atoms with Gasteiger partial charge in [-0.3, -0.25) is 4.90 Å². The van der Waals surface area contributed by atoms with Crippen molar-refractivity contribution in [2.75, 3.05) is 7.05 Å². The van der Waals surface area contributed by atoms with Gasteiger partial charge in [-0.25, -0.2) is 4.79 Å². The highest BCUT2D eigenvalue weighted by molar-refractivity contribution is 6.43. The topological polar surface area (TPSA) is 81.0 Å². The quantitative estimate of drug-likeness (QED) is 0.339. The third-order valence-electron chi connectivity index (χ3n) is 5.53. The summed E-state index contributed by atoms with van der Waals surface area (Å²) in [5.74, 6) is -1.70. The van der Waals surface area contributed by atoms with Crippen LogP contribution in [0.25, 0.3) is 21.5 Å². The van der Waals surface area contributed by atoms with Crippen LogP contribution in [-0.2, 0) is 6.54 Å². The van der Waals surface area contributed by atoms with E-state index in [1.165, 1.54) is 0 Å². The molecule has 0 aromatic heterocycles. The Balaban J connectivity index is 1.84. The highest BCUT2D eigenvalue weighted by Crippen LogP contribution is 2.31. The van der Waals surface area contributed by atoms with Gasteiger partial charge in [0.15, 0.2) is 0 Å². The third-order valence-corrected chi connectivity index (χ3v) is 5.53. The molecule has 0 amide bonds. The van der Waals surface area contributed by atoms with Gasteiger partial charge in [0.25, 0.3) is 0 Å². The van der Waals surface area contributed by atoms with E-state index in [1.54, 1.807) is 18.0 Å². The number of rotatable bonds is 6. The molecule has 0 bridgehead atoms. The number of aromatic carboxylic acids is 1. The van der Waals surface area contributed by atoms with Crippen LogP contribution in [-0.4, -0.2) is 40.2 Å². The molecule has 30 heavy (non-hydrogen) atoms. The SMILES string of the molecule is CN(Cc1c(C(=O)O)ccc2cc3ccccc3cc12)C(B(O)O)c1ccccc1. The molecule has 0 aliphatic heterocycles. The molecule has 0 heterocycles. The number of carbonyl (C=O) groups is 1. The molecule has 4 aromatic carbocycles. The number of nitrogens with zero attached hydrogens (tertiary/aromatic N) is 1. The van der Waals surface area contributed by atoms with Crippen LogP contribution in [0.1, 0.15) is 27.4 Å². The maximum Gasteiger partial charge on any atom is 0.474 e. The van der Waals surface area contributed by atoms with E-state index in [4.69, 9.17) is 0 Å². The van der Waals surface area contributed by atoms with Gasteiger partial charge < -0.3 is 15.2 Å². The molecular weight excluding hydrogens is 377 g/mol. The molecule has 0 spiro atoms. The molecule has 0 saturated carbocycles. The number of carboxylic acids is 1. The molecule has 3 N–H and O–H groups in total. The van der Waals surface area contributed by atoms with Crippen LogP contribution in [0, 0.1) is 0 Å². The molecular formula is C24H22BNO4. The zero-order chi connectivity index (χ0) is 21.3. The molecule has 0 saturated heterocycles. The zero-order valence-electron chi connectivity index (χ0n) is 16.6. The lowest BCUT2D eigenvalue weighted by Crippen LogP contribution is -2.37. The van der Waals surface area contributed by atoms with Gasteiger partial charge >= 0.3 is 13.1 Å². The molecule has 0 fully saturated rings. The van der Waals surface area contributed by atoms with Crippen LogP contribution < -0.4 is 0 Å². The Morgan fingerprint density at radius 2 is 1.53 bits per heavy atom. The van der Waals surface area contributed by atoms with Gasteiger partial charge in [-0.05, 0) is 57.9 Å². The van der Waals surface area contributed by atoms with E-state index in [9.17, 15) is 19.9 Å². The first-order valence-corrected chi connectivity index (χ1v) is 9.74. The Bertz CT molecular complexity index is 1210. The fraction of sp³-hybridized carbons (Fsp3) is 0.125. The molecule has 0 aliphatic rings. The van der Waals surface area contributed by atoms with Gasteiger partial charge in [-0.2, -0.15) is 0 Å². The summed E-state index contributed by atoms with van der Waals surface area (Å²) in [7, 11) is 0.157. The third kappa shape index (κ3) is 3.81. The smallest absolute Gasteiger partial charge is 0.474 e. The summed E-state index contributed by atoms with van der Waals surface area (Å²) in [6, 6.07) is 24.7. The minimum absolute atomic E-state index is 0.212. The average Bonchev–Trinajstić information content (AvgIpc) is 2.73. The normalized spacial score (nSPS) is 12.4. The summed E-state index contributed by atoms with van der Waals surface area (Å²) in [4.78, 5) is 13.7. The lowest BCUT2D eigenvalue weighted by molar-refractivity contribution is 0.0695. The molecule has 4 rings (SSSR count). The summed E-state index contributed by atoms with van der Waals surface area (Å²) < 4.78 is 0. The van der Waals surface area contributed by atoms with E-state index in [1.807, 2.05) is 66.7 Å². The first kappa shape index (κ1) is 20.1. The Morgan fingerprint density at radius 1 is 0.900 bits per heavy atom. The maximum absolute atomic E-state index is 12.0. The van der Waals surface area contributed by atoms with Gasteiger partial charge in [0.05, 0.1) is 11.5 Å². The molecule has 1 atom stereocenters. The molecule has 150 valence electrons. The van der Waals surface area contributed by atoms with E-state index in [0.717, 1.165) is 27.1 Å². The van der Waals surface area contributed by atoms with E-state index in [0.29, 0.717) is 5.56 Å². The summed E-state index contributed by atoms with van der Waals surface area (Å²) in [5.41, 5.74) is 1.61. The molecule has 5 nitrogen and oxygen atoms in total. The van der Waals surface area contributed by atoms with Gasteiger partial charge in [-0.15, -0.1) is 0 Å². The first-order valence-electron chi connectivity index (χ1n) is 9.74. The Kier molecular flexibility index (Phi) is 5.55. The van der Waals surface area contributed by atoms with Crippen molar-refractivity contribution < 1.29 is 19.9 Å². The van der Waals surface area contributed by atoms with Crippen LogP contribution in [0.4, 0.5) is 0 Å². The molecule has 6 heteroatoms. The van der Waals surface area contributed by atoms with Crippen molar-refractivity contribution in [2.45, 2.75) is 12.5 Å². The Labute approximate surface area is 175 Å². The van der Waals surface area contributed by atoms with Gasteiger partial charge in [-0.1, -0.05) is 60.7 Å². The van der Waals surface area contributed by atoms with Crippen molar-refractivity contribution in [1.82, 2.24) is 4.90 Å². The molecule has 0 radical (unpaired) electrons. The van der Waals surface area contributed by atoms with Crippen molar-refractivity contribution in [2.24, 2.45) is 0 Å². The number of benzene rings is 4. The van der Waals surface area contributed by atoms with E-state index >= 15 is 0 Å². The number of carboxylic acid groups (broad SMARTS) is 1. The van der Waals surface area contributed by atoms with Crippen molar-refractivity contribution in [3.05, 3.63) is 95.6 Å². The lowest BCUT2D eigenvalue weighted by atomic mass is 9.74. The highest BCUT2D eigenvalue weighted by atomic mass is 16.4. The fourth-order valence-corrected chi connectivity index (χ4v) is 4.10. The predicted molar refractivity (Wildman–Crippen MR) is 119 cm³/mol. The van der Waals surface area contributed by atoms with Crippen molar-refractivity contribution in [1.29, 1.82) is 0 Å². The summed E-state index contributed by atoms with van der Waals surface area (Å²) in [6.07, 6.45) is 0. The highest BCUT2D eigenvalue weighted by Gasteiger charge is 2.30. The van der Waals surface area contributed by atoms with E-state index < -0.39 is 19.0 Å². The zero-order valence-corrected chi connectivity index (χ0v) is 16.6. The maximum atomic E-state index is 12.0. The molecule has 0 aliphatic carbocycles. The minimum Gasteiger partial charge on any atom is -0.478 e. The Hall–Kier alpha value is -3.19. The number of hydrogen-bond acceptors (Lipinski definition) is 4. The van der Waals surface area contributed by atoms with Crippen LogP contribution in [0.15, 0.2) is 78.9 Å². The first-order chi connectivity index (χ1) is 14.5. The summed E-state index contributed by atoms with van der Waals surface area (Å²) in [6.45, 7) is 0.245. The minimum atomic E-state index is -1.61. The largest absolute Gasteiger partial charge is 0.478 e. The second kappa shape index (κ2) is 8.28. The number of hydrogen-bond donors (Lipinski definition) is 3. The van der Waals surface area contributed by atoms with E-state index in [-0.39, 0.29) is 12.1 Å². The van der Waals surface area contributed by atoms with Crippen molar-refractivity contribution in [3.8, 4) is 0 Å². The van der Waals surface area contributed by atoms with Crippen molar-refractivity contribution >= 4 is 34.6 Å². The van der Waals surface area contributed by atoms with Gasteiger partial charge in [0.2, 0.25) is 0 Å². The van der Waals surface area contributed by atoms with Gasteiger partial charge in [0, 0.05) is 6.54 Å². The molecule has 1 unspecified atom stereocenters. The second-order valence-corrected chi connectivity index (χ2v) is 7.50. The summed E-state index contributed by atoms with van der Waals surface area (Å²) >= 11 is 0. The second-order valence-electron chi connectivity index (χ2n) is 7.50. The van der Waals surface area contributed by atoms with Gasteiger partial charge in [0.1, 0.15) is 0 Å². The van der Waals surface area contributed by atoms with E-state index in [2.05, 4.69) is 6.07 Å².